The number of thioether (sulfide) groups is 1. The fraction of sp³-hybridized carbons (Fsp3) is 0.0588. The van der Waals surface area contributed by atoms with Gasteiger partial charge in [-0.2, -0.15) is 0 Å². The van der Waals surface area contributed by atoms with Crippen LogP contribution in [-0.4, -0.2) is 18.2 Å². The van der Waals surface area contributed by atoms with Gasteiger partial charge in [-0.1, -0.05) is 28.1 Å². The molecule has 1 N–H and O–H groups in total. The van der Waals surface area contributed by atoms with E-state index in [0.29, 0.717) is 10.1 Å². The molecule has 0 aliphatic carbocycles. The Morgan fingerprint density at radius 3 is 2.70 bits per heavy atom. The summed E-state index contributed by atoms with van der Waals surface area (Å²) in [7, 11) is 1.62. The summed E-state index contributed by atoms with van der Waals surface area (Å²) >= 11 is 4.75. The molecule has 23 heavy (non-hydrogen) atoms. The lowest BCUT2D eigenvalue weighted by atomic mass is 10.2. The average Bonchev–Trinajstić information content (AvgIpc) is 2.87. The summed E-state index contributed by atoms with van der Waals surface area (Å²) in [5.41, 5.74) is 1.72. The van der Waals surface area contributed by atoms with Gasteiger partial charge in [-0.15, -0.1) is 0 Å². The van der Waals surface area contributed by atoms with Crippen molar-refractivity contribution in [1.29, 1.82) is 0 Å². The van der Waals surface area contributed by atoms with Gasteiger partial charge in [0.1, 0.15) is 5.75 Å². The van der Waals surface area contributed by atoms with E-state index in [1.54, 1.807) is 7.11 Å². The van der Waals surface area contributed by atoms with E-state index in [1.165, 1.54) is 11.8 Å². The van der Waals surface area contributed by atoms with Crippen molar-refractivity contribution in [1.82, 2.24) is 5.32 Å². The molecule has 0 atom stereocenters. The zero-order chi connectivity index (χ0) is 16.2. The fourth-order valence-corrected chi connectivity index (χ4v) is 3.26. The van der Waals surface area contributed by atoms with Crippen molar-refractivity contribution in [3.05, 3.63) is 63.5 Å². The van der Waals surface area contributed by atoms with Gasteiger partial charge in [-0.05, 0) is 59.8 Å². The molecule has 1 aliphatic rings. The van der Waals surface area contributed by atoms with Crippen molar-refractivity contribution in [2.45, 2.75) is 0 Å². The van der Waals surface area contributed by atoms with Gasteiger partial charge in [0, 0.05) is 4.47 Å². The second-order valence-electron chi connectivity index (χ2n) is 4.73. The SMILES string of the molecule is COc1ccc(N=C2NC(=O)/C(=C/c3cccc(Br)c3)S2)cc1. The van der Waals surface area contributed by atoms with E-state index in [1.807, 2.05) is 54.6 Å². The van der Waals surface area contributed by atoms with E-state index in [-0.39, 0.29) is 5.91 Å². The van der Waals surface area contributed by atoms with Crippen LogP contribution >= 0.6 is 27.7 Å². The second kappa shape index (κ2) is 7.02. The first-order valence-corrected chi connectivity index (χ1v) is 8.44. The molecule has 2 aromatic rings. The molecule has 1 fully saturated rings. The summed E-state index contributed by atoms with van der Waals surface area (Å²) < 4.78 is 6.09. The Hall–Kier alpha value is -2.05. The number of carbonyl (C=O) groups excluding carboxylic acids is 1. The molecule has 0 saturated carbocycles. The summed E-state index contributed by atoms with van der Waals surface area (Å²) in [6.45, 7) is 0. The number of carbonyl (C=O) groups is 1. The van der Waals surface area contributed by atoms with Crippen LogP contribution in [0.25, 0.3) is 6.08 Å². The fourth-order valence-electron chi connectivity index (χ4n) is 2.00. The number of hydrogen-bond donors (Lipinski definition) is 1. The molecule has 0 aromatic heterocycles. The Kier molecular flexibility index (Phi) is 4.83. The summed E-state index contributed by atoms with van der Waals surface area (Å²) in [4.78, 5) is 17.1. The maximum Gasteiger partial charge on any atom is 0.264 e. The Balaban J connectivity index is 1.80. The number of nitrogens with one attached hydrogen (secondary N) is 1. The number of benzene rings is 2. The zero-order valence-corrected chi connectivity index (χ0v) is 14.6. The van der Waals surface area contributed by atoms with E-state index in [4.69, 9.17) is 4.74 Å². The highest BCUT2D eigenvalue weighted by Crippen LogP contribution is 2.29. The standard InChI is InChI=1S/C17H13BrN2O2S/c1-22-14-7-5-13(6-8-14)19-17-20-16(21)15(23-17)10-11-3-2-4-12(18)9-11/h2-10H,1H3,(H,19,20,21)/b15-10-. The predicted molar refractivity (Wildman–Crippen MR) is 97.9 cm³/mol. The van der Waals surface area contributed by atoms with Crippen molar-refractivity contribution >= 4 is 50.5 Å². The van der Waals surface area contributed by atoms with Crippen molar-refractivity contribution in [3.63, 3.8) is 0 Å². The van der Waals surface area contributed by atoms with E-state index in [9.17, 15) is 4.79 Å². The average molecular weight is 389 g/mol. The summed E-state index contributed by atoms with van der Waals surface area (Å²) in [5, 5.41) is 3.35. The first-order valence-electron chi connectivity index (χ1n) is 6.83. The van der Waals surface area contributed by atoms with Crippen molar-refractivity contribution < 1.29 is 9.53 Å². The molecule has 0 spiro atoms. The molecule has 4 nitrogen and oxygen atoms in total. The molecule has 6 heteroatoms. The Morgan fingerprint density at radius 2 is 2.00 bits per heavy atom. The highest BCUT2D eigenvalue weighted by molar-refractivity contribution is 9.10. The first kappa shape index (κ1) is 15.8. The highest BCUT2D eigenvalue weighted by atomic mass is 79.9. The molecule has 1 saturated heterocycles. The van der Waals surface area contributed by atoms with Crippen molar-refractivity contribution in [3.8, 4) is 5.75 Å². The lowest BCUT2D eigenvalue weighted by molar-refractivity contribution is -0.115. The Bertz CT molecular complexity index is 800. The predicted octanol–water partition coefficient (Wildman–Crippen LogP) is 4.35. The van der Waals surface area contributed by atoms with Gasteiger partial charge in [0.05, 0.1) is 17.7 Å². The van der Waals surface area contributed by atoms with Gasteiger partial charge in [-0.25, -0.2) is 4.99 Å². The number of amides is 1. The third kappa shape index (κ3) is 4.03. The Morgan fingerprint density at radius 1 is 1.22 bits per heavy atom. The molecule has 1 heterocycles. The van der Waals surface area contributed by atoms with Crippen molar-refractivity contribution in [2.75, 3.05) is 7.11 Å². The summed E-state index contributed by atoms with van der Waals surface area (Å²) in [6.07, 6.45) is 1.85. The van der Waals surface area contributed by atoms with Gasteiger partial charge >= 0.3 is 0 Å². The topological polar surface area (TPSA) is 50.7 Å². The van der Waals surface area contributed by atoms with Crippen LogP contribution in [-0.2, 0) is 4.79 Å². The molecule has 1 aliphatic heterocycles. The zero-order valence-electron chi connectivity index (χ0n) is 12.2. The number of aliphatic imine (C=N–C) groups is 1. The van der Waals surface area contributed by atoms with Crippen LogP contribution in [0.4, 0.5) is 5.69 Å². The molecule has 1 amide bonds. The van der Waals surface area contributed by atoms with Crippen LogP contribution in [0, 0.1) is 0 Å². The van der Waals surface area contributed by atoms with Crippen LogP contribution in [0.5, 0.6) is 5.75 Å². The van der Waals surface area contributed by atoms with E-state index < -0.39 is 0 Å². The number of halogens is 1. The second-order valence-corrected chi connectivity index (χ2v) is 6.68. The molecule has 116 valence electrons. The van der Waals surface area contributed by atoms with Crippen LogP contribution in [0.2, 0.25) is 0 Å². The van der Waals surface area contributed by atoms with Gasteiger partial charge in [0.2, 0.25) is 0 Å². The number of ether oxygens (including phenoxy) is 1. The van der Waals surface area contributed by atoms with Crippen LogP contribution in [0.3, 0.4) is 0 Å². The lowest BCUT2D eigenvalue weighted by Gasteiger charge is -1.99. The number of amidine groups is 1. The molecule has 2 aromatic carbocycles. The molecule has 0 unspecified atom stereocenters. The highest BCUT2D eigenvalue weighted by Gasteiger charge is 2.23. The van der Waals surface area contributed by atoms with Crippen LogP contribution < -0.4 is 10.1 Å². The Labute approximate surface area is 146 Å². The number of hydrogen-bond acceptors (Lipinski definition) is 4. The first-order chi connectivity index (χ1) is 11.1. The number of methoxy groups -OCH3 is 1. The van der Waals surface area contributed by atoms with E-state index >= 15 is 0 Å². The number of nitrogens with zero attached hydrogens (tertiary/aromatic N) is 1. The normalized spacial score (nSPS) is 17.6. The third-order valence-corrected chi connectivity index (χ3v) is 4.50. The van der Waals surface area contributed by atoms with Gasteiger partial charge in [-0.3, -0.25) is 4.79 Å². The van der Waals surface area contributed by atoms with E-state index in [0.717, 1.165) is 21.5 Å². The van der Waals surface area contributed by atoms with Crippen LogP contribution in [0.1, 0.15) is 5.56 Å². The monoisotopic (exact) mass is 388 g/mol. The number of rotatable bonds is 3. The largest absolute Gasteiger partial charge is 0.497 e. The molecular formula is C17H13BrN2O2S. The summed E-state index contributed by atoms with van der Waals surface area (Å²) in [6, 6.07) is 15.1. The minimum Gasteiger partial charge on any atom is -0.497 e. The minimum absolute atomic E-state index is 0.137. The van der Waals surface area contributed by atoms with Gasteiger partial charge in [0.25, 0.3) is 5.91 Å². The lowest BCUT2D eigenvalue weighted by Crippen LogP contribution is -2.19. The quantitative estimate of drug-likeness (QED) is 0.795. The maximum absolute atomic E-state index is 12.1. The van der Waals surface area contributed by atoms with Gasteiger partial charge < -0.3 is 10.1 Å². The molecular weight excluding hydrogens is 376 g/mol. The van der Waals surface area contributed by atoms with Crippen molar-refractivity contribution in [2.24, 2.45) is 4.99 Å². The molecule has 0 bridgehead atoms. The third-order valence-electron chi connectivity index (χ3n) is 3.10. The molecule has 0 radical (unpaired) electrons. The summed E-state index contributed by atoms with van der Waals surface area (Å²) in [5.74, 6) is 0.634. The minimum atomic E-state index is -0.137. The smallest absolute Gasteiger partial charge is 0.264 e. The van der Waals surface area contributed by atoms with Gasteiger partial charge in [0.15, 0.2) is 5.17 Å². The maximum atomic E-state index is 12.1. The van der Waals surface area contributed by atoms with E-state index in [2.05, 4.69) is 26.2 Å². The molecule has 3 rings (SSSR count). The van der Waals surface area contributed by atoms with Crippen LogP contribution in [0.15, 0.2) is 62.9 Å².